The molecule has 38 heavy (non-hydrogen) atoms. The Hall–Kier alpha value is -2.77. The van der Waals surface area contributed by atoms with Gasteiger partial charge in [-0.15, -0.1) is 0 Å². The molecule has 1 amide bonds. The highest BCUT2D eigenvalue weighted by atomic mass is 32.2. The number of ketones is 1. The molecule has 0 saturated heterocycles. The van der Waals surface area contributed by atoms with Crippen LogP contribution in [0.2, 0.25) is 0 Å². The third kappa shape index (κ3) is 5.36. The van der Waals surface area contributed by atoms with Crippen LogP contribution >= 0.6 is 0 Å². The van der Waals surface area contributed by atoms with E-state index in [9.17, 15) is 13.8 Å². The minimum absolute atomic E-state index is 0.0207. The minimum Gasteiger partial charge on any atom is -0.348 e. The van der Waals surface area contributed by atoms with E-state index >= 15 is 0 Å². The molecule has 2 saturated carbocycles. The highest BCUT2D eigenvalue weighted by molar-refractivity contribution is 7.83. The topological polar surface area (TPSA) is 80.2 Å². The molecule has 202 valence electrons. The zero-order valence-corrected chi connectivity index (χ0v) is 23.7. The van der Waals surface area contributed by atoms with Crippen molar-refractivity contribution < 1.29 is 13.8 Å². The van der Waals surface area contributed by atoms with E-state index in [1.807, 2.05) is 74.9 Å². The first-order valence-corrected chi connectivity index (χ1v) is 15.1. The number of carbonyl (C=O) groups excluding carboxylic acids is 2. The van der Waals surface area contributed by atoms with Crippen LogP contribution in [-0.4, -0.2) is 32.0 Å². The zero-order valence-electron chi connectivity index (χ0n) is 22.9. The molecule has 5 rings (SSSR count). The van der Waals surface area contributed by atoms with Gasteiger partial charge in [0.15, 0.2) is 5.78 Å². The summed E-state index contributed by atoms with van der Waals surface area (Å²) < 4.78 is 18.3. The SMILES string of the molecule is Cn1c(C(=O)NC2CCC2)cc(-c2ccc(S(=O)NC(C)(C)C)c3ccccc23)c1C(=O)C1CCCCC1. The smallest absolute Gasteiger partial charge is 0.268 e. The van der Waals surface area contributed by atoms with Gasteiger partial charge in [-0.2, -0.15) is 0 Å². The lowest BCUT2D eigenvalue weighted by Gasteiger charge is -2.26. The fraction of sp³-hybridized carbons (Fsp3) is 0.484. The molecule has 1 aromatic heterocycles. The fourth-order valence-electron chi connectivity index (χ4n) is 5.70. The molecule has 6 nitrogen and oxygen atoms in total. The van der Waals surface area contributed by atoms with E-state index in [4.69, 9.17) is 0 Å². The normalized spacial score (nSPS) is 17.8. The van der Waals surface area contributed by atoms with Gasteiger partial charge in [0.1, 0.15) is 16.7 Å². The predicted molar refractivity (Wildman–Crippen MR) is 154 cm³/mol. The number of carbonyl (C=O) groups is 2. The van der Waals surface area contributed by atoms with Gasteiger partial charge < -0.3 is 9.88 Å². The summed E-state index contributed by atoms with van der Waals surface area (Å²) in [5.74, 6) is -0.0266. The first-order valence-electron chi connectivity index (χ1n) is 13.9. The lowest BCUT2D eigenvalue weighted by atomic mass is 9.84. The number of rotatable bonds is 7. The van der Waals surface area contributed by atoms with Gasteiger partial charge >= 0.3 is 0 Å². The van der Waals surface area contributed by atoms with Crippen LogP contribution in [0.3, 0.4) is 0 Å². The van der Waals surface area contributed by atoms with Crippen LogP contribution in [0.15, 0.2) is 47.4 Å². The molecule has 3 aromatic rings. The quantitative estimate of drug-likeness (QED) is 0.350. The number of hydrogen-bond donors (Lipinski definition) is 2. The molecule has 1 heterocycles. The van der Waals surface area contributed by atoms with Crippen LogP contribution in [0.25, 0.3) is 21.9 Å². The number of fused-ring (bicyclic) bond motifs is 1. The first-order chi connectivity index (χ1) is 18.1. The Kier molecular flexibility index (Phi) is 7.60. The number of hydrogen-bond acceptors (Lipinski definition) is 3. The van der Waals surface area contributed by atoms with E-state index in [-0.39, 0.29) is 29.2 Å². The summed E-state index contributed by atoms with van der Waals surface area (Å²) in [6, 6.07) is 13.8. The number of nitrogens with zero attached hydrogens (tertiary/aromatic N) is 1. The van der Waals surface area contributed by atoms with E-state index in [1.165, 1.54) is 6.42 Å². The third-order valence-electron chi connectivity index (χ3n) is 7.89. The number of nitrogens with one attached hydrogen (secondary N) is 2. The zero-order chi connectivity index (χ0) is 27.0. The molecule has 2 fully saturated rings. The summed E-state index contributed by atoms with van der Waals surface area (Å²) in [5, 5.41) is 4.94. The second-order valence-electron chi connectivity index (χ2n) is 11.9. The second-order valence-corrected chi connectivity index (χ2v) is 13.1. The summed E-state index contributed by atoms with van der Waals surface area (Å²) >= 11 is 0. The van der Waals surface area contributed by atoms with Gasteiger partial charge in [0.05, 0.1) is 10.6 Å². The lowest BCUT2D eigenvalue weighted by Crippen LogP contribution is -2.40. The Balaban J connectivity index is 1.64. The first kappa shape index (κ1) is 26.8. The highest BCUT2D eigenvalue weighted by Gasteiger charge is 2.31. The Morgan fingerprint density at radius 1 is 0.895 bits per heavy atom. The third-order valence-corrected chi connectivity index (χ3v) is 9.44. The molecule has 0 radical (unpaired) electrons. The number of amides is 1. The van der Waals surface area contributed by atoms with Crippen LogP contribution in [-0.2, 0) is 18.0 Å². The molecule has 0 bridgehead atoms. The Morgan fingerprint density at radius 3 is 2.21 bits per heavy atom. The van der Waals surface area contributed by atoms with E-state index in [0.29, 0.717) is 16.3 Å². The molecule has 2 aliphatic rings. The van der Waals surface area contributed by atoms with Crippen molar-refractivity contribution in [3.63, 3.8) is 0 Å². The maximum Gasteiger partial charge on any atom is 0.268 e. The van der Waals surface area contributed by atoms with Crippen molar-refractivity contribution in [2.45, 2.75) is 88.6 Å². The summed E-state index contributed by atoms with van der Waals surface area (Å²) in [4.78, 5) is 28.0. The van der Waals surface area contributed by atoms with E-state index in [0.717, 1.165) is 66.8 Å². The monoisotopic (exact) mass is 533 g/mol. The van der Waals surface area contributed by atoms with Gasteiger partial charge in [-0.25, -0.2) is 8.93 Å². The van der Waals surface area contributed by atoms with Crippen LogP contribution in [0.5, 0.6) is 0 Å². The van der Waals surface area contributed by atoms with Gasteiger partial charge in [-0.3, -0.25) is 9.59 Å². The van der Waals surface area contributed by atoms with Crippen LogP contribution in [0.1, 0.15) is 93.1 Å². The fourth-order valence-corrected chi connectivity index (χ4v) is 6.93. The maximum atomic E-state index is 14.0. The van der Waals surface area contributed by atoms with Crippen molar-refractivity contribution in [2.75, 3.05) is 0 Å². The summed E-state index contributed by atoms with van der Waals surface area (Å²) in [6.07, 6.45) is 8.23. The largest absolute Gasteiger partial charge is 0.348 e. The number of benzene rings is 2. The minimum atomic E-state index is -1.40. The molecule has 2 N–H and O–H groups in total. The Bertz CT molecular complexity index is 1390. The van der Waals surface area contributed by atoms with Gasteiger partial charge in [0.25, 0.3) is 5.91 Å². The average Bonchev–Trinajstić information content (AvgIpc) is 3.21. The lowest BCUT2D eigenvalue weighted by molar-refractivity contribution is 0.0880. The molecule has 2 aromatic carbocycles. The average molecular weight is 534 g/mol. The summed E-state index contributed by atoms with van der Waals surface area (Å²) in [5.41, 5.74) is 2.46. The standard InChI is InChI=1S/C31H39N3O3S/c1-31(2,3)33-38(37)27-18-17-23(22-15-8-9-16-24(22)27)25-19-26(30(36)32-21-13-10-14-21)34(4)28(25)29(35)20-11-6-5-7-12-20/h8-9,15-21,33H,5-7,10-14H2,1-4H3,(H,32,36). The Morgan fingerprint density at radius 2 is 1.58 bits per heavy atom. The number of Topliss-reactive ketones (excluding diaryl/α,β-unsaturated/α-hetero) is 1. The van der Waals surface area contributed by atoms with Crippen LogP contribution in [0, 0.1) is 5.92 Å². The van der Waals surface area contributed by atoms with E-state index < -0.39 is 11.0 Å². The molecule has 1 atom stereocenters. The maximum absolute atomic E-state index is 14.0. The van der Waals surface area contributed by atoms with Crippen molar-refractivity contribution in [3.05, 3.63) is 53.9 Å². The summed E-state index contributed by atoms with van der Waals surface area (Å²) in [7, 11) is 0.437. The number of aromatic nitrogens is 1. The molecular weight excluding hydrogens is 494 g/mol. The Labute approximate surface area is 228 Å². The van der Waals surface area contributed by atoms with Crippen LogP contribution in [0.4, 0.5) is 0 Å². The van der Waals surface area contributed by atoms with Crippen molar-refractivity contribution in [2.24, 2.45) is 13.0 Å². The van der Waals surface area contributed by atoms with Crippen molar-refractivity contribution >= 4 is 33.4 Å². The van der Waals surface area contributed by atoms with E-state index in [2.05, 4.69) is 10.0 Å². The molecule has 0 aliphatic heterocycles. The molecule has 1 unspecified atom stereocenters. The molecule has 7 heteroatoms. The van der Waals surface area contributed by atoms with Crippen molar-refractivity contribution in [1.29, 1.82) is 0 Å². The predicted octanol–water partition coefficient (Wildman–Crippen LogP) is 6.30. The second kappa shape index (κ2) is 10.8. The van der Waals surface area contributed by atoms with Crippen molar-refractivity contribution in [1.82, 2.24) is 14.6 Å². The summed E-state index contributed by atoms with van der Waals surface area (Å²) in [6.45, 7) is 5.97. The molecule has 2 aliphatic carbocycles. The van der Waals surface area contributed by atoms with Gasteiger partial charge in [-0.1, -0.05) is 49.6 Å². The highest BCUT2D eigenvalue weighted by Crippen LogP contribution is 2.38. The van der Waals surface area contributed by atoms with Gasteiger partial charge in [-0.05, 0) is 81.3 Å². The van der Waals surface area contributed by atoms with Gasteiger partial charge in [0, 0.05) is 30.1 Å². The van der Waals surface area contributed by atoms with Crippen molar-refractivity contribution in [3.8, 4) is 11.1 Å². The molecule has 0 spiro atoms. The van der Waals surface area contributed by atoms with Gasteiger partial charge in [0.2, 0.25) is 0 Å². The van der Waals surface area contributed by atoms with E-state index in [1.54, 1.807) is 0 Å². The van der Waals surface area contributed by atoms with Crippen LogP contribution < -0.4 is 10.0 Å². The molecular formula is C31H39N3O3S.